The molecule has 0 aromatic carbocycles. The molecule has 0 unspecified atom stereocenters. The molecule has 1 heterocycles. The lowest BCUT2D eigenvalue weighted by molar-refractivity contribution is -0.252. The van der Waals surface area contributed by atoms with Crippen molar-refractivity contribution in [3.05, 3.63) is 0 Å². The van der Waals surface area contributed by atoms with E-state index in [0.29, 0.717) is 13.0 Å². The summed E-state index contributed by atoms with van der Waals surface area (Å²) < 4.78 is 5.04. The van der Waals surface area contributed by atoms with Gasteiger partial charge in [0.1, 0.15) is 16.7 Å². The zero-order valence-corrected chi connectivity index (χ0v) is 6.90. The second kappa shape index (κ2) is 4.54. The van der Waals surface area contributed by atoms with E-state index in [9.17, 15) is 9.90 Å². The number of nitrogens with one attached hydrogen (secondary N) is 2. The summed E-state index contributed by atoms with van der Waals surface area (Å²) in [5.41, 5.74) is 6.54. The smallest absolute Gasteiger partial charge is 0.214 e. The van der Waals surface area contributed by atoms with Gasteiger partial charge in [0.05, 0.1) is 12.6 Å². The normalized spacial score (nSPS) is 27.4. The molecule has 2 atom stereocenters. The molecule has 0 aromatic rings. The molecule has 0 radical (unpaired) electrons. The molecular formula is C6H10N4O3. The van der Waals surface area contributed by atoms with Crippen molar-refractivity contribution >= 4 is 6.09 Å². The van der Waals surface area contributed by atoms with Crippen LogP contribution in [0.3, 0.4) is 0 Å². The van der Waals surface area contributed by atoms with Gasteiger partial charge in [0.25, 0.3) is 0 Å². The molecule has 72 valence electrons. The Kier molecular flexibility index (Phi) is 3.36. The Bertz CT molecular complexity index is 238. The van der Waals surface area contributed by atoms with Gasteiger partial charge in [0, 0.05) is 13.0 Å². The van der Waals surface area contributed by atoms with Gasteiger partial charge in [-0.2, -0.15) is 0 Å². The maximum absolute atomic E-state index is 10.2. The van der Waals surface area contributed by atoms with E-state index in [0.717, 1.165) is 0 Å². The number of nitrogens with zero attached hydrogens (tertiary/aromatic N) is 2. The zero-order chi connectivity index (χ0) is 9.68. The van der Waals surface area contributed by atoms with E-state index in [2.05, 4.69) is 15.3 Å². The van der Waals surface area contributed by atoms with E-state index in [1.165, 1.54) is 0 Å². The molecule has 1 saturated heterocycles. The van der Waals surface area contributed by atoms with Gasteiger partial charge in [-0.25, -0.2) is 0 Å². The summed E-state index contributed by atoms with van der Waals surface area (Å²) in [6.07, 6.45) is -0.798. The first-order chi connectivity index (χ1) is 6.24. The fourth-order valence-electron chi connectivity index (χ4n) is 1.23. The molecule has 0 spiro atoms. The topological polar surface area (TPSA) is 112 Å². The third kappa shape index (κ3) is 2.81. The van der Waals surface area contributed by atoms with Crippen LogP contribution in [-0.2, 0) is 4.74 Å². The summed E-state index contributed by atoms with van der Waals surface area (Å²) in [4.78, 5) is 13.1. The minimum Gasteiger partial charge on any atom is -0.530 e. The number of carbonyl (C=O) groups is 1. The SMILES string of the molecule is N=[N+]=N[C@H]1CCOC[C@H]1NC(=O)[O-]. The van der Waals surface area contributed by atoms with Crippen LogP contribution in [0.15, 0.2) is 5.11 Å². The molecule has 0 bridgehead atoms. The number of hydrogen-bond acceptors (Lipinski definition) is 5. The van der Waals surface area contributed by atoms with Gasteiger partial charge in [0.15, 0.2) is 6.04 Å². The van der Waals surface area contributed by atoms with Crippen LogP contribution in [0.5, 0.6) is 0 Å². The Hall–Kier alpha value is -1.46. The molecule has 7 heteroatoms. The lowest BCUT2D eigenvalue weighted by Gasteiger charge is -2.26. The van der Waals surface area contributed by atoms with Crippen LogP contribution in [0.4, 0.5) is 4.79 Å². The molecule has 0 aromatic heterocycles. The van der Waals surface area contributed by atoms with E-state index in [4.69, 9.17) is 10.3 Å². The predicted octanol–water partition coefficient (Wildman–Crippen LogP) is -1.37. The van der Waals surface area contributed by atoms with Crippen molar-refractivity contribution in [3.63, 3.8) is 0 Å². The first kappa shape index (κ1) is 9.63. The van der Waals surface area contributed by atoms with Crippen molar-refractivity contribution in [2.75, 3.05) is 13.2 Å². The number of amides is 1. The lowest BCUT2D eigenvalue weighted by atomic mass is 10.1. The average Bonchev–Trinajstić information content (AvgIpc) is 2.08. The van der Waals surface area contributed by atoms with Crippen LogP contribution in [0.25, 0.3) is 0 Å². The summed E-state index contributed by atoms with van der Waals surface area (Å²) in [5, 5.41) is 16.0. The minimum atomic E-state index is -1.36. The highest BCUT2D eigenvalue weighted by Crippen LogP contribution is 2.10. The fraction of sp³-hybridized carbons (Fsp3) is 0.833. The van der Waals surface area contributed by atoms with Crippen LogP contribution in [0, 0.1) is 5.53 Å². The molecular weight excluding hydrogens is 176 g/mol. The highest BCUT2D eigenvalue weighted by atomic mass is 16.5. The Morgan fingerprint density at radius 2 is 2.54 bits per heavy atom. The van der Waals surface area contributed by atoms with E-state index < -0.39 is 12.1 Å². The maximum atomic E-state index is 10.2. The Labute approximate surface area is 74.3 Å². The molecule has 2 N–H and O–H groups in total. The van der Waals surface area contributed by atoms with Crippen molar-refractivity contribution in [3.8, 4) is 0 Å². The lowest BCUT2D eigenvalue weighted by Crippen LogP contribution is -2.52. The molecule has 13 heavy (non-hydrogen) atoms. The number of carboxylic acid groups (broad SMARTS) is 1. The van der Waals surface area contributed by atoms with Gasteiger partial charge in [-0.05, 0) is 0 Å². The van der Waals surface area contributed by atoms with Crippen molar-refractivity contribution in [2.24, 2.45) is 5.11 Å². The molecule has 1 fully saturated rings. The Morgan fingerprint density at radius 3 is 3.15 bits per heavy atom. The highest BCUT2D eigenvalue weighted by molar-refractivity contribution is 5.62. The van der Waals surface area contributed by atoms with Crippen molar-refractivity contribution in [1.29, 1.82) is 5.53 Å². The molecule has 0 saturated carbocycles. The number of ether oxygens (including phenoxy) is 1. The van der Waals surface area contributed by atoms with Gasteiger partial charge >= 0.3 is 0 Å². The van der Waals surface area contributed by atoms with E-state index in [1.807, 2.05) is 0 Å². The predicted molar refractivity (Wildman–Crippen MR) is 38.8 cm³/mol. The summed E-state index contributed by atoms with van der Waals surface area (Å²) in [7, 11) is 0. The summed E-state index contributed by atoms with van der Waals surface area (Å²) in [6.45, 7) is 0.757. The van der Waals surface area contributed by atoms with E-state index in [1.54, 1.807) is 0 Å². The monoisotopic (exact) mass is 186 g/mol. The van der Waals surface area contributed by atoms with Crippen LogP contribution < -0.4 is 15.3 Å². The quantitative estimate of drug-likeness (QED) is 0.409. The van der Waals surface area contributed by atoms with Crippen LogP contribution >= 0.6 is 0 Å². The summed E-state index contributed by atoms with van der Waals surface area (Å²) in [6, 6.07) is -0.767. The molecule has 1 amide bonds. The minimum absolute atomic E-state index is 0.248. The second-order valence-corrected chi connectivity index (χ2v) is 2.68. The molecule has 0 aliphatic carbocycles. The molecule has 1 rings (SSSR count). The van der Waals surface area contributed by atoms with Gasteiger partial charge in [-0.1, -0.05) is 0 Å². The average molecular weight is 186 g/mol. The van der Waals surface area contributed by atoms with Crippen molar-refractivity contribution in [2.45, 2.75) is 18.5 Å². The highest BCUT2D eigenvalue weighted by Gasteiger charge is 2.29. The standard InChI is InChI=1S/C6H10N4O3/c7-10-9-4-1-2-13-3-5(4)8-6(11)12/h4-5,7-8H,1-3H2/t4-,5+/m0/s1. The van der Waals surface area contributed by atoms with E-state index in [-0.39, 0.29) is 12.6 Å². The van der Waals surface area contributed by atoms with Crippen molar-refractivity contribution < 1.29 is 14.6 Å². The van der Waals surface area contributed by atoms with Crippen LogP contribution in [0.1, 0.15) is 6.42 Å². The molecule has 7 nitrogen and oxygen atoms in total. The fourth-order valence-corrected chi connectivity index (χ4v) is 1.23. The molecule has 1 aliphatic rings. The zero-order valence-electron chi connectivity index (χ0n) is 6.90. The first-order valence-corrected chi connectivity index (χ1v) is 3.86. The largest absolute Gasteiger partial charge is 0.530 e. The van der Waals surface area contributed by atoms with Gasteiger partial charge in [-0.3, -0.25) is 0 Å². The van der Waals surface area contributed by atoms with E-state index >= 15 is 0 Å². The van der Waals surface area contributed by atoms with Gasteiger partial charge in [0.2, 0.25) is 4.91 Å². The van der Waals surface area contributed by atoms with Crippen LogP contribution in [-0.4, -0.2) is 31.4 Å². The number of hydrogen-bond donors (Lipinski definition) is 2. The van der Waals surface area contributed by atoms with Gasteiger partial charge < -0.3 is 20.0 Å². The number of carbonyl (C=O) groups excluding carboxylic acids is 1. The third-order valence-corrected chi connectivity index (χ3v) is 1.83. The summed E-state index contributed by atoms with van der Waals surface area (Å²) >= 11 is 0. The first-order valence-electron chi connectivity index (χ1n) is 3.86. The van der Waals surface area contributed by atoms with Gasteiger partial charge in [-0.15, -0.1) is 0 Å². The molecule has 1 aliphatic heterocycles. The third-order valence-electron chi connectivity index (χ3n) is 1.83. The summed E-state index contributed by atoms with van der Waals surface area (Å²) in [5.74, 6) is 0. The second-order valence-electron chi connectivity index (χ2n) is 2.68. The van der Waals surface area contributed by atoms with Crippen molar-refractivity contribution in [1.82, 2.24) is 10.2 Å². The Morgan fingerprint density at radius 1 is 1.77 bits per heavy atom. The maximum Gasteiger partial charge on any atom is 0.214 e. The van der Waals surface area contributed by atoms with Crippen LogP contribution in [0.2, 0.25) is 0 Å². The Balaban J connectivity index is 2.55. The number of rotatable bonds is 2.